The molecule has 1 saturated heterocycles. The van der Waals surface area contributed by atoms with Crippen LogP contribution in [0, 0.1) is 5.92 Å². The second-order valence-corrected chi connectivity index (χ2v) is 5.31. The zero-order valence-electron chi connectivity index (χ0n) is 11.1. The molecule has 2 unspecified atom stereocenters. The summed E-state index contributed by atoms with van der Waals surface area (Å²) in [5, 5.41) is 3.45. The molecule has 0 amide bonds. The van der Waals surface area contributed by atoms with E-state index in [9.17, 15) is 0 Å². The molecule has 2 rings (SSSR count). The molecule has 0 radical (unpaired) electrons. The van der Waals surface area contributed by atoms with Gasteiger partial charge in [-0.3, -0.25) is 0 Å². The van der Waals surface area contributed by atoms with Gasteiger partial charge in [0.05, 0.1) is 6.10 Å². The first kappa shape index (κ1) is 12.4. The van der Waals surface area contributed by atoms with Crippen molar-refractivity contribution in [1.82, 2.24) is 5.32 Å². The van der Waals surface area contributed by atoms with Gasteiger partial charge in [-0.1, -0.05) is 19.1 Å². The maximum atomic E-state index is 5.67. The first-order valence-corrected chi connectivity index (χ1v) is 6.64. The van der Waals surface area contributed by atoms with Gasteiger partial charge in [-0.15, -0.1) is 0 Å². The second kappa shape index (κ2) is 5.54. The zero-order chi connectivity index (χ0) is 12.3. The number of ether oxygens (including phenoxy) is 1. The summed E-state index contributed by atoms with van der Waals surface area (Å²) in [6.07, 6.45) is 1.49. The lowest BCUT2D eigenvalue weighted by Crippen LogP contribution is -2.33. The van der Waals surface area contributed by atoms with Crippen molar-refractivity contribution in [2.45, 2.75) is 39.2 Å². The van der Waals surface area contributed by atoms with Crippen molar-refractivity contribution in [3.63, 3.8) is 0 Å². The van der Waals surface area contributed by atoms with E-state index >= 15 is 0 Å². The van der Waals surface area contributed by atoms with Crippen LogP contribution in [0.5, 0.6) is 5.75 Å². The highest BCUT2D eigenvalue weighted by Crippen LogP contribution is 2.30. The summed E-state index contributed by atoms with van der Waals surface area (Å²) in [6.45, 7) is 8.72. The fourth-order valence-electron chi connectivity index (χ4n) is 2.58. The molecule has 0 bridgehead atoms. The normalized spacial score (nSPS) is 24.9. The van der Waals surface area contributed by atoms with E-state index in [1.165, 1.54) is 12.0 Å². The number of benzene rings is 1. The molecule has 1 aromatic carbocycles. The Hall–Kier alpha value is -1.02. The Morgan fingerprint density at radius 1 is 1.24 bits per heavy atom. The Labute approximate surface area is 104 Å². The van der Waals surface area contributed by atoms with Gasteiger partial charge in [0.2, 0.25) is 0 Å². The number of nitrogens with one attached hydrogen (secondary N) is 1. The van der Waals surface area contributed by atoms with Crippen LogP contribution in [0.3, 0.4) is 0 Å². The first-order valence-electron chi connectivity index (χ1n) is 6.64. The van der Waals surface area contributed by atoms with Crippen LogP contribution in [0.4, 0.5) is 0 Å². The third-order valence-corrected chi connectivity index (χ3v) is 3.47. The Morgan fingerprint density at radius 2 is 1.94 bits per heavy atom. The Bertz CT molecular complexity index is 344. The van der Waals surface area contributed by atoms with Gasteiger partial charge in [0.1, 0.15) is 5.75 Å². The summed E-state index contributed by atoms with van der Waals surface area (Å²) in [5.41, 5.74) is 1.45. The predicted molar refractivity (Wildman–Crippen MR) is 71.6 cm³/mol. The van der Waals surface area contributed by atoms with Crippen molar-refractivity contribution in [2.24, 2.45) is 5.92 Å². The lowest BCUT2D eigenvalue weighted by molar-refractivity contribution is 0.242. The summed E-state index contributed by atoms with van der Waals surface area (Å²) < 4.78 is 5.67. The summed E-state index contributed by atoms with van der Waals surface area (Å²) in [5.74, 6) is 2.40. The number of piperidine rings is 1. The summed E-state index contributed by atoms with van der Waals surface area (Å²) in [6, 6.07) is 8.66. The molecule has 17 heavy (non-hydrogen) atoms. The largest absolute Gasteiger partial charge is 0.491 e. The van der Waals surface area contributed by atoms with Crippen LogP contribution in [-0.4, -0.2) is 19.2 Å². The van der Waals surface area contributed by atoms with Gasteiger partial charge >= 0.3 is 0 Å². The smallest absolute Gasteiger partial charge is 0.119 e. The Morgan fingerprint density at radius 3 is 2.53 bits per heavy atom. The molecule has 0 aliphatic carbocycles. The summed E-state index contributed by atoms with van der Waals surface area (Å²) in [4.78, 5) is 0. The van der Waals surface area contributed by atoms with Crippen molar-refractivity contribution >= 4 is 0 Å². The molecular formula is C15H23NO. The third kappa shape index (κ3) is 3.22. The molecule has 1 fully saturated rings. The summed E-state index contributed by atoms with van der Waals surface area (Å²) >= 11 is 0. The molecule has 1 aromatic rings. The van der Waals surface area contributed by atoms with E-state index in [4.69, 9.17) is 4.74 Å². The highest BCUT2D eigenvalue weighted by Gasteiger charge is 2.22. The van der Waals surface area contributed by atoms with Crippen molar-refractivity contribution in [3.05, 3.63) is 29.8 Å². The molecule has 1 heterocycles. The highest BCUT2D eigenvalue weighted by molar-refractivity contribution is 5.30. The molecule has 1 N–H and O–H groups in total. The van der Waals surface area contributed by atoms with Gasteiger partial charge in [-0.25, -0.2) is 0 Å². The average molecular weight is 233 g/mol. The van der Waals surface area contributed by atoms with Crippen molar-refractivity contribution in [3.8, 4) is 5.75 Å². The van der Waals surface area contributed by atoms with Crippen molar-refractivity contribution in [1.29, 1.82) is 0 Å². The topological polar surface area (TPSA) is 21.3 Å². The zero-order valence-corrected chi connectivity index (χ0v) is 11.1. The Balaban J connectivity index is 2.06. The van der Waals surface area contributed by atoms with Gasteiger partial charge in [0.15, 0.2) is 0 Å². The Kier molecular flexibility index (Phi) is 4.06. The molecule has 0 aromatic heterocycles. The minimum absolute atomic E-state index is 0.249. The SMILES string of the molecule is CC(C)Oc1ccc(C2CCNCC2C)cc1. The third-order valence-electron chi connectivity index (χ3n) is 3.47. The predicted octanol–water partition coefficient (Wildman–Crippen LogP) is 3.19. The molecule has 1 aliphatic rings. The molecule has 2 nitrogen and oxygen atoms in total. The highest BCUT2D eigenvalue weighted by atomic mass is 16.5. The maximum Gasteiger partial charge on any atom is 0.119 e. The molecule has 0 spiro atoms. The van der Waals surface area contributed by atoms with Crippen molar-refractivity contribution in [2.75, 3.05) is 13.1 Å². The van der Waals surface area contributed by atoms with E-state index in [1.807, 2.05) is 0 Å². The maximum absolute atomic E-state index is 5.67. The van der Waals surface area contributed by atoms with Crippen LogP contribution < -0.4 is 10.1 Å². The van der Waals surface area contributed by atoms with E-state index < -0.39 is 0 Å². The minimum Gasteiger partial charge on any atom is -0.491 e. The van der Waals surface area contributed by atoms with Gasteiger partial charge in [0, 0.05) is 0 Å². The molecule has 0 saturated carbocycles. The van der Waals surface area contributed by atoms with Crippen molar-refractivity contribution < 1.29 is 4.74 Å². The van der Waals surface area contributed by atoms with E-state index in [1.54, 1.807) is 0 Å². The molecular weight excluding hydrogens is 210 g/mol. The fraction of sp³-hybridized carbons (Fsp3) is 0.600. The second-order valence-electron chi connectivity index (χ2n) is 5.31. The van der Waals surface area contributed by atoms with Gasteiger partial charge < -0.3 is 10.1 Å². The monoisotopic (exact) mass is 233 g/mol. The van der Waals surface area contributed by atoms with Gasteiger partial charge in [-0.05, 0) is 62.9 Å². The van der Waals surface area contributed by atoms with Crippen LogP contribution in [-0.2, 0) is 0 Å². The lowest BCUT2D eigenvalue weighted by atomic mass is 9.82. The van der Waals surface area contributed by atoms with E-state index in [0.717, 1.165) is 24.8 Å². The molecule has 1 aliphatic heterocycles. The van der Waals surface area contributed by atoms with Crippen LogP contribution >= 0.6 is 0 Å². The average Bonchev–Trinajstić information content (AvgIpc) is 2.30. The molecule has 94 valence electrons. The summed E-state index contributed by atoms with van der Waals surface area (Å²) in [7, 11) is 0. The fourth-order valence-corrected chi connectivity index (χ4v) is 2.58. The molecule has 2 heteroatoms. The number of hydrogen-bond acceptors (Lipinski definition) is 2. The first-order chi connectivity index (χ1) is 8.16. The molecule has 2 atom stereocenters. The van der Waals surface area contributed by atoms with E-state index in [2.05, 4.69) is 50.4 Å². The van der Waals surface area contributed by atoms with E-state index in [0.29, 0.717) is 5.92 Å². The minimum atomic E-state index is 0.249. The van der Waals surface area contributed by atoms with Gasteiger partial charge in [0.25, 0.3) is 0 Å². The van der Waals surface area contributed by atoms with Crippen LogP contribution in [0.25, 0.3) is 0 Å². The standard InChI is InChI=1S/C15H23NO/c1-11(2)17-14-6-4-13(5-7-14)15-8-9-16-10-12(15)3/h4-7,11-12,15-16H,8-10H2,1-3H3. The van der Waals surface area contributed by atoms with Crippen LogP contribution in [0.15, 0.2) is 24.3 Å². The van der Waals surface area contributed by atoms with E-state index in [-0.39, 0.29) is 6.10 Å². The quantitative estimate of drug-likeness (QED) is 0.865. The van der Waals surface area contributed by atoms with Crippen LogP contribution in [0.1, 0.15) is 38.7 Å². The number of rotatable bonds is 3. The van der Waals surface area contributed by atoms with Gasteiger partial charge in [-0.2, -0.15) is 0 Å². The number of hydrogen-bond donors (Lipinski definition) is 1. The lowest BCUT2D eigenvalue weighted by Gasteiger charge is -2.30. The van der Waals surface area contributed by atoms with Crippen LogP contribution in [0.2, 0.25) is 0 Å².